The number of anilines is 1. The van der Waals surface area contributed by atoms with Crippen LogP contribution >= 0.6 is 11.3 Å². The van der Waals surface area contributed by atoms with Crippen molar-refractivity contribution in [2.75, 3.05) is 17.6 Å². The fourth-order valence-electron chi connectivity index (χ4n) is 4.26. The van der Waals surface area contributed by atoms with E-state index < -0.39 is 10.0 Å². The molecule has 4 rings (SSSR count). The van der Waals surface area contributed by atoms with Crippen LogP contribution in [0.4, 0.5) is 9.52 Å². The molecule has 0 spiro atoms. The summed E-state index contributed by atoms with van der Waals surface area (Å²) in [4.78, 5) is 5.91. The van der Waals surface area contributed by atoms with Gasteiger partial charge in [-0.05, 0) is 50.3 Å². The van der Waals surface area contributed by atoms with Gasteiger partial charge in [-0.15, -0.1) is 11.3 Å². The number of nitrogens with one attached hydrogen (secondary N) is 2. The van der Waals surface area contributed by atoms with E-state index in [4.69, 9.17) is 4.98 Å². The highest BCUT2D eigenvalue weighted by molar-refractivity contribution is 7.89. The third-order valence-electron chi connectivity index (χ3n) is 5.98. The van der Waals surface area contributed by atoms with E-state index in [1.807, 2.05) is 6.07 Å². The molecule has 1 saturated carbocycles. The van der Waals surface area contributed by atoms with Crippen LogP contribution in [0.5, 0.6) is 0 Å². The molecule has 158 valence electrons. The van der Waals surface area contributed by atoms with E-state index in [0.29, 0.717) is 12.6 Å². The Labute approximate surface area is 176 Å². The molecule has 1 aromatic carbocycles. The van der Waals surface area contributed by atoms with Gasteiger partial charge in [-0.2, -0.15) is 0 Å². The Bertz CT molecular complexity index is 968. The lowest BCUT2D eigenvalue weighted by molar-refractivity contribution is 0.462. The van der Waals surface area contributed by atoms with Gasteiger partial charge in [0.2, 0.25) is 10.0 Å². The molecule has 0 bridgehead atoms. The lowest BCUT2D eigenvalue weighted by atomic mass is 9.96. The summed E-state index contributed by atoms with van der Waals surface area (Å²) < 4.78 is 40.7. The summed E-state index contributed by atoms with van der Waals surface area (Å²) in [5.41, 5.74) is 2.72. The third-order valence-corrected chi connectivity index (χ3v) is 8.49. The molecule has 2 N–H and O–H groups in total. The monoisotopic (exact) mass is 437 g/mol. The maximum atomic E-state index is 14.0. The quantitative estimate of drug-likeness (QED) is 0.689. The van der Waals surface area contributed by atoms with Crippen LogP contribution in [0.1, 0.15) is 61.8 Å². The maximum absolute atomic E-state index is 14.0. The van der Waals surface area contributed by atoms with Gasteiger partial charge < -0.3 is 5.32 Å². The number of hydrogen-bond acceptors (Lipinski definition) is 5. The zero-order valence-electron chi connectivity index (χ0n) is 16.7. The molecular weight excluding hydrogens is 409 g/mol. The second-order valence-corrected chi connectivity index (χ2v) is 11.1. The number of benzene rings is 1. The molecule has 0 amide bonds. The van der Waals surface area contributed by atoms with Crippen LogP contribution in [0.3, 0.4) is 0 Å². The number of thiazole rings is 1. The van der Waals surface area contributed by atoms with Crippen molar-refractivity contribution in [2.24, 2.45) is 0 Å². The van der Waals surface area contributed by atoms with E-state index in [2.05, 4.69) is 10.0 Å². The molecule has 1 atom stereocenters. The topological polar surface area (TPSA) is 71.1 Å². The van der Waals surface area contributed by atoms with E-state index in [0.717, 1.165) is 52.5 Å². The van der Waals surface area contributed by atoms with Gasteiger partial charge in [-0.3, -0.25) is 0 Å². The largest absolute Gasteiger partial charge is 0.359 e. The van der Waals surface area contributed by atoms with E-state index in [9.17, 15) is 12.8 Å². The highest BCUT2D eigenvalue weighted by Crippen LogP contribution is 2.43. The first-order valence-corrected chi connectivity index (χ1v) is 13.0. The SMILES string of the molecule is CCS(=O)(=O)NCC1CCc2ccc(F)cc2-c2nc(NC3CCCCC3)sc21. The molecule has 1 fully saturated rings. The highest BCUT2D eigenvalue weighted by Gasteiger charge is 2.28. The Balaban J connectivity index is 1.67. The Morgan fingerprint density at radius 1 is 1.21 bits per heavy atom. The van der Waals surface area contributed by atoms with Gasteiger partial charge in [-0.1, -0.05) is 25.3 Å². The van der Waals surface area contributed by atoms with E-state index >= 15 is 0 Å². The van der Waals surface area contributed by atoms with Crippen molar-refractivity contribution in [3.8, 4) is 11.3 Å². The average molecular weight is 438 g/mol. The number of aryl methyl sites for hydroxylation is 1. The van der Waals surface area contributed by atoms with Gasteiger partial charge in [0.25, 0.3) is 0 Å². The van der Waals surface area contributed by atoms with E-state index in [1.165, 1.54) is 25.3 Å². The lowest BCUT2D eigenvalue weighted by Gasteiger charge is -2.22. The summed E-state index contributed by atoms with van der Waals surface area (Å²) in [6.07, 6.45) is 7.64. The second kappa shape index (κ2) is 8.70. The summed E-state index contributed by atoms with van der Waals surface area (Å²) in [6.45, 7) is 1.99. The Hall–Kier alpha value is -1.51. The van der Waals surface area contributed by atoms with Crippen molar-refractivity contribution in [3.63, 3.8) is 0 Å². The molecule has 1 aromatic heterocycles. The second-order valence-electron chi connectivity index (χ2n) is 8.00. The van der Waals surface area contributed by atoms with Crippen molar-refractivity contribution >= 4 is 26.5 Å². The molecule has 2 aliphatic rings. The minimum atomic E-state index is -3.26. The number of fused-ring (bicyclic) bond motifs is 3. The Kier molecular flexibility index (Phi) is 6.22. The number of nitrogens with zero attached hydrogens (tertiary/aromatic N) is 1. The molecular formula is C21H28FN3O2S2. The zero-order chi connectivity index (χ0) is 20.4. The smallest absolute Gasteiger partial charge is 0.211 e. The van der Waals surface area contributed by atoms with Crippen LogP contribution < -0.4 is 10.0 Å². The minimum absolute atomic E-state index is 0.0289. The van der Waals surface area contributed by atoms with Crippen molar-refractivity contribution < 1.29 is 12.8 Å². The Morgan fingerprint density at radius 3 is 2.76 bits per heavy atom. The van der Waals surface area contributed by atoms with Crippen LogP contribution in [0.2, 0.25) is 0 Å². The predicted octanol–water partition coefficient (Wildman–Crippen LogP) is 4.66. The van der Waals surface area contributed by atoms with Crippen molar-refractivity contribution in [1.29, 1.82) is 0 Å². The number of aromatic nitrogens is 1. The zero-order valence-corrected chi connectivity index (χ0v) is 18.3. The summed E-state index contributed by atoms with van der Waals surface area (Å²) in [6, 6.07) is 5.33. The number of halogens is 1. The first-order valence-electron chi connectivity index (χ1n) is 10.5. The maximum Gasteiger partial charge on any atom is 0.211 e. The van der Waals surface area contributed by atoms with Gasteiger partial charge in [0, 0.05) is 28.9 Å². The molecule has 0 radical (unpaired) electrons. The van der Waals surface area contributed by atoms with Crippen molar-refractivity contribution in [2.45, 2.75) is 63.8 Å². The fraction of sp³-hybridized carbons (Fsp3) is 0.571. The number of sulfonamides is 1. The molecule has 0 saturated heterocycles. The lowest BCUT2D eigenvalue weighted by Crippen LogP contribution is -2.29. The van der Waals surface area contributed by atoms with Crippen LogP contribution in [0.15, 0.2) is 18.2 Å². The fourth-order valence-corrected chi connectivity index (χ4v) is 6.11. The molecule has 29 heavy (non-hydrogen) atoms. The third kappa shape index (κ3) is 4.81. The summed E-state index contributed by atoms with van der Waals surface area (Å²) in [7, 11) is -3.26. The average Bonchev–Trinajstić information content (AvgIpc) is 3.07. The molecule has 5 nitrogen and oxygen atoms in total. The summed E-state index contributed by atoms with van der Waals surface area (Å²) in [5.74, 6) is -0.175. The van der Waals surface area contributed by atoms with Gasteiger partial charge in [0.1, 0.15) is 5.82 Å². The molecule has 8 heteroatoms. The van der Waals surface area contributed by atoms with Gasteiger partial charge in [-0.25, -0.2) is 22.5 Å². The van der Waals surface area contributed by atoms with E-state index in [-0.39, 0.29) is 17.5 Å². The molecule has 2 aromatic rings. The molecule has 2 aliphatic carbocycles. The van der Waals surface area contributed by atoms with Gasteiger partial charge >= 0.3 is 0 Å². The van der Waals surface area contributed by atoms with Gasteiger partial charge in [0.15, 0.2) is 5.13 Å². The van der Waals surface area contributed by atoms with Gasteiger partial charge in [0.05, 0.1) is 11.4 Å². The number of rotatable bonds is 6. The molecule has 0 aliphatic heterocycles. The first-order chi connectivity index (χ1) is 13.9. The van der Waals surface area contributed by atoms with Crippen LogP contribution in [0, 0.1) is 5.82 Å². The van der Waals surface area contributed by atoms with E-state index in [1.54, 1.807) is 24.3 Å². The Morgan fingerprint density at radius 2 is 2.00 bits per heavy atom. The van der Waals surface area contributed by atoms with Crippen molar-refractivity contribution in [1.82, 2.24) is 9.71 Å². The van der Waals surface area contributed by atoms with Crippen LogP contribution in [-0.2, 0) is 16.4 Å². The summed E-state index contributed by atoms with van der Waals surface area (Å²) >= 11 is 1.60. The normalized spacial score (nSPS) is 20.0. The molecule has 1 unspecified atom stereocenters. The molecule has 1 heterocycles. The van der Waals surface area contributed by atoms with Crippen LogP contribution in [-0.4, -0.2) is 31.7 Å². The first kappa shape index (κ1) is 20.8. The van der Waals surface area contributed by atoms with Crippen LogP contribution in [0.25, 0.3) is 11.3 Å². The predicted molar refractivity (Wildman–Crippen MR) is 117 cm³/mol. The standard InChI is InChI=1S/C21H28FN3O2S2/c1-2-29(26,27)23-13-15-9-8-14-10-11-16(22)12-18(14)19-20(15)28-21(25-19)24-17-6-4-3-5-7-17/h10-12,15,17,23H,2-9,13H2,1H3,(H,24,25). The minimum Gasteiger partial charge on any atom is -0.359 e. The highest BCUT2D eigenvalue weighted by atomic mass is 32.2. The van der Waals surface area contributed by atoms with Crippen molar-refractivity contribution in [3.05, 3.63) is 34.5 Å². The summed E-state index contributed by atoms with van der Waals surface area (Å²) in [5, 5.41) is 4.45. The number of hydrogen-bond donors (Lipinski definition) is 2.